The smallest absolute Gasteiger partial charge is 0.312 e. The molecule has 0 unspecified atom stereocenters. The number of carboxylic acid groups (broad SMARTS) is 1. The first-order valence-electron chi connectivity index (χ1n) is 20.7. The van der Waals surface area contributed by atoms with Crippen LogP contribution < -0.4 is 5.32 Å². The average molecular weight is 728 g/mol. The van der Waals surface area contributed by atoms with Crippen molar-refractivity contribution in [3.63, 3.8) is 0 Å². The molecule has 5 nitrogen and oxygen atoms in total. The lowest BCUT2D eigenvalue weighted by Gasteiger charge is -2.72. The van der Waals surface area contributed by atoms with Gasteiger partial charge in [-0.15, -0.1) is 0 Å². The summed E-state index contributed by atoms with van der Waals surface area (Å²) in [5, 5.41) is 14.1. The van der Waals surface area contributed by atoms with Crippen LogP contribution in [0.3, 0.4) is 0 Å². The van der Waals surface area contributed by atoms with Crippen molar-refractivity contribution in [2.75, 3.05) is 24.7 Å². The number of carboxylic acids is 1. The van der Waals surface area contributed by atoms with Crippen molar-refractivity contribution in [3.8, 4) is 0 Å². The number of rotatable bonds is 8. The van der Waals surface area contributed by atoms with Crippen molar-refractivity contribution in [1.29, 1.82) is 0 Å². The highest BCUT2D eigenvalue weighted by Crippen LogP contribution is 2.76. The Morgan fingerprint density at radius 1 is 0.902 bits per heavy atom. The van der Waals surface area contributed by atoms with Gasteiger partial charge in [0.25, 0.3) is 0 Å². The van der Waals surface area contributed by atoms with E-state index in [2.05, 4.69) is 65.6 Å². The minimum Gasteiger partial charge on any atom is -0.481 e. The summed E-state index contributed by atoms with van der Waals surface area (Å²) < 4.78 is 34.3. The molecule has 7 rings (SSSR count). The maximum atomic E-state index is 14.0. The molecule has 7 heteroatoms. The molecule has 0 bridgehead atoms. The highest BCUT2D eigenvalue weighted by Gasteiger charge is 2.70. The Kier molecular flexibility index (Phi) is 9.70. The molecule has 4 N–H and O–H groups in total. The van der Waals surface area contributed by atoms with Crippen LogP contribution in [-0.4, -0.2) is 50.4 Å². The number of halogens is 1. The SMILES string of the molecule is C=C(C)[C@@H]1CC[C@]2(NCCC3CCS(O)(O)CC3)CC[C@]3(C)[C@H](CC[C@@H]4[C@@]5(C)CC=C(C6=CC[C@](CF)(C(=O)O)CC6)C(C)(C)[C@@H]5CC[C@]43C)[C@@H]12. The Balaban J connectivity index is 1.13. The van der Waals surface area contributed by atoms with E-state index in [9.17, 15) is 23.4 Å². The zero-order chi connectivity index (χ0) is 36.8. The minimum absolute atomic E-state index is 0.00547. The van der Waals surface area contributed by atoms with Crippen LogP contribution in [0.15, 0.2) is 35.5 Å². The highest BCUT2D eigenvalue weighted by atomic mass is 32.3. The molecule has 1 aliphatic heterocycles. The Labute approximate surface area is 310 Å². The van der Waals surface area contributed by atoms with Gasteiger partial charge in [-0.2, -0.15) is 10.6 Å². The number of hydrogen-bond donors (Lipinski definition) is 4. The van der Waals surface area contributed by atoms with Crippen molar-refractivity contribution < 1.29 is 23.4 Å². The molecule has 4 saturated carbocycles. The first kappa shape index (κ1) is 38.1. The van der Waals surface area contributed by atoms with Crippen molar-refractivity contribution in [2.45, 2.75) is 143 Å². The molecule has 1 heterocycles. The Hall–Kier alpha value is -1.15. The number of nitrogens with one attached hydrogen (secondary N) is 1. The van der Waals surface area contributed by atoms with E-state index >= 15 is 0 Å². The predicted molar refractivity (Wildman–Crippen MR) is 209 cm³/mol. The van der Waals surface area contributed by atoms with Gasteiger partial charge < -0.3 is 10.4 Å². The third-order valence-corrected chi connectivity index (χ3v) is 19.8. The van der Waals surface area contributed by atoms with Crippen LogP contribution >= 0.6 is 10.6 Å². The normalized spacial score (nSPS) is 46.7. The van der Waals surface area contributed by atoms with Gasteiger partial charge in [-0.1, -0.05) is 58.9 Å². The van der Waals surface area contributed by atoms with E-state index in [1.54, 1.807) is 0 Å². The second-order valence-electron chi connectivity index (χ2n) is 20.4. The molecule has 0 spiro atoms. The average Bonchev–Trinajstić information content (AvgIpc) is 3.46. The molecule has 1 saturated heterocycles. The number of aliphatic carboxylic acids is 1. The number of allylic oxidation sites excluding steroid dienone is 5. The van der Waals surface area contributed by atoms with Gasteiger partial charge in [-0.3, -0.25) is 13.9 Å². The molecule has 5 fully saturated rings. The van der Waals surface area contributed by atoms with E-state index in [0.29, 0.717) is 66.3 Å². The molecule has 0 aromatic carbocycles. The number of hydrogen-bond acceptors (Lipinski definition) is 4. The van der Waals surface area contributed by atoms with E-state index in [0.717, 1.165) is 32.2 Å². The van der Waals surface area contributed by atoms with Crippen molar-refractivity contribution >= 4 is 16.6 Å². The molecule has 7 aliphatic rings. The Morgan fingerprint density at radius 2 is 1.63 bits per heavy atom. The van der Waals surface area contributed by atoms with Gasteiger partial charge in [0.1, 0.15) is 6.67 Å². The van der Waals surface area contributed by atoms with Gasteiger partial charge in [0.05, 0.1) is 5.41 Å². The number of alkyl halides is 1. The fourth-order valence-electron chi connectivity index (χ4n) is 14.9. The van der Waals surface area contributed by atoms with Gasteiger partial charge in [-0.25, -0.2) is 4.39 Å². The van der Waals surface area contributed by atoms with Crippen LogP contribution in [-0.2, 0) is 4.79 Å². The zero-order valence-electron chi connectivity index (χ0n) is 32.8. The molecule has 10 atom stereocenters. The third-order valence-electron chi connectivity index (χ3n) is 18.0. The zero-order valence-corrected chi connectivity index (χ0v) is 33.6. The molecule has 6 aliphatic carbocycles. The molecular formula is C44H70FNO4S. The van der Waals surface area contributed by atoms with Crippen LogP contribution in [0.2, 0.25) is 0 Å². The minimum atomic E-state index is -2.33. The summed E-state index contributed by atoms with van der Waals surface area (Å²) in [6.45, 7) is 20.1. The van der Waals surface area contributed by atoms with Crippen molar-refractivity contribution in [1.82, 2.24) is 5.32 Å². The molecule has 288 valence electrons. The summed E-state index contributed by atoms with van der Waals surface area (Å²) in [7, 11) is -2.33. The topological polar surface area (TPSA) is 89.8 Å². The van der Waals surface area contributed by atoms with E-state index < -0.39 is 28.6 Å². The van der Waals surface area contributed by atoms with Crippen molar-refractivity contribution in [2.24, 2.45) is 62.6 Å². The first-order chi connectivity index (χ1) is 23.9. The van der Waals surface area contributed by atoms with Gasteiger partial charge in [0.2, 0.25) is 0 Å². The summed E-state index contributed by atoms with van der Waals surface area (Å²) in [6.07, 6.45) is 20.2. The van der Waals surface area contributed by atoms with Crippen LogP contribution in [0.25, 0.3) is 0 Å². The molecule has 51 heavy (non-hydrogen) atoms. The molecule has 0 amide bonds. The predicted octanol–water partition coefficient (Wildman–Crippen LogP) is 11.2. The first-order valence-corrected chi connectivity index (χ1v) is 22.6. The van der Waals surface area contributed by atoms with E-state index in [-0.39, 0.29) is 27.2 Å². The Bertz CT molecular complexity index is 1460. The fourth-order valence-corrected chi connectivity index (χ4v) is 16.5. The van der Waals surface area contributed by atoms with Crippen LogP contribution in [0.4, 0.5) is 4.39 Å². The second-order valence-corrected chi connectivity index (χ2v) is 22.8. The van der Waals surface area contributed by atoms with E-state index in [1.165, 1.54) is 68.1 Å². The lowest BCUT2D eigenvalue weighted by atomic mass is 9.33. The summed E-state index contributed by atoms with van der Waals surface area (Å²) in [6, 6.07) is 0. The monoisotopic (exact) mass is 728 g/mol. The Morgan fingerprint density at radius 3 is 2.25 bits per heavy atom. The quantitative estimate of drug-likeness (QED) is 0.187. The van der Waals surface area contributed by atoms with Crippen molar-refractivity contribution in [3.05, 3.63) is 35.5 Å². The standard InChI is InChI=1S/C44H70FNO4S/c1-29(2)32-12-22-44(46-25-15-30-16-26-51(49,50)27-17-30)24-23-41(6)34(37(32)44)8-9-36-40(5)18-13-33(39(3,4)35(40)14-19-42(36,41)7)31-10-20-43(28-45,21-11-31)38(47)48/h10,13,30,32,34-37,46,49-50H,1,8-9,11-12,14-28H2,2-7H3,(H,47,48)/t32-,34+,35-,36+,37+,40-,41+,42+,43-,44-/m0/s1. The summed E-state index contributed by atoms with van der Waals surface area (Å²) in [4.78, 5) is 12.0. The van der Waals surface area contributed by atoms with E-state index in [1.807, 2.05) is 0 Å². The summed E-state index contributed by atoms with van der Waals surface area (Å²) in [5.41, 5.74) is 3.77. The van der Waals surface area contributed by atoms with Crippen LogP contribution in [0.5, 0.6) is 0 Å². The number of carbonyl (C=O) groups is 1. The van der Waals surface area contributed by atoms with Gasteiger partial charge >= 0.3 is 5.97 Å². The molecule has 0 aromatic rings. The lowest BCUT2D eigenvalue weighted by Crippen LogP contribution is -2.68. The van der Waals surface area contributed by atoms with E-state index in [4.69, 9.17) is 0 Å². The second kappa shape index (κ2) is 13.0. The number of fused-ring (bicyclic) bond motifs is 7. The maximum Gasteiger partial charge on any atom is 0.312 e. The van der Waals surface area contributed by atoms with Crippen LogP contribution in [0.1, 0.15) is 138 Å². The van der Waals surface area contributed by atoms with Crippen LogP contribution in [0, 0.1) is 62.6 Å². The molecule has 0 aromatic heterocycles. The largest absolute Gasteiger partial charge is 0.481 e. The molecular weight excluding hydrogens is 658 g/mol. The summed E-state index contributed by atoms with van der Waals surface area (Å²) in [5.74, 6) is 3.91. The van der Waals surface area contributed by atoms with Gasteiger partial charge in [-0.05, 0) is 178 Å². The van der Waals surface area contributed by atoms with Gasteiger partial charge in [0, 0.05) is 17.0 Å². The van der Waals surface area contributed by atoms with Gasteiger partial charge in [0.15, 0.2) is 0 Å². The molecule has 0 radical (unpaired) electrons. The third kappa shape index (κ3) is 5.81. The summed E-state index contributed by atoms with van der Waals surface area (Å²) >= 11 is 0. The highest BCUT2D eigenvalue weighted by molar-refractivity contribution is 8.24. The fraction of sp³-hybridized carbons (Fsp3) is 0.841. The maximum absolute atomic E-state index is 14.0. The lowest BCUT2D eigenvalue weighted by molar-refractivity contribution is -0.221.